The van der Waals surface area contributed by atoms with Gasteiger partial charge in [0.2, 0.25) is 5.82 Å². The molecule has 2 aromatic heterocycles. The topological polar surface area (TPSA) is 113 Å². The van der Waals surface area contributed by atoms with Gasteiger partial charge in [0, 0.05) is 5.56 Å². The van der Waals surface area contributed by atoms with Crippen LogP contribution < -0.4 is 14.8 Å². The Morgan fingerprint density at radius 3 is 2.58 bits per heavy atom. The molecule has 9 nitrogen and oxygen atoms in total. The monoisotopic (exact) mass is 445 g/mol. The molecule has 0 aliphatic rings. The van der Waals surface area contributed by atoms with Gasteiger partial charge in [0.25, 0.3) is 11.8 Å². The van der Waals surface area contributed by atoms with Gasteiger partial charge in [-0.15, -0.1) is 11.3 Å². The number of aromatic nitrogens is 2. The normalized spacial score (nSPS) is 11.8. The van der Waals surface area contributed by atoms with E-state index in [1.165, 1.54) is 18.4 Å². The van der Waals surface area contributed by atoms with E-state index in [1.807, 2.05) is 13.8 Å². The lowest BCUT2D eigenvalue weighted by molar-refractivity contribution is -0.149. The Morgan fingerprint density at radius 1 is 1.16 bits per heavy atom. The third-order valence-corrected chi connectivity index (χ3v) is 5.27. The first kappa shape index (κ1) is 22.3. The van der Waals surface area contributed by atoms with Crippen LogP contribution in [0.25, 0.3) is 11.4 Å². The number of hydrogen-bond acceptors (Lipinski definition) is 9. The highest BCUT2D eigenvalue weighted by Crippen LogP contribution is 2.31. The second-order valence-electron chi connectivity index (χ2n) is 6.86. The van der Waals surface area contributed by atoms with E-state index in [4.69, 9.17) is 18.7 Å². The average molecular weight is 445 g/mol. The molecule has 3 rings (SSSR count). The highest BCUT2D eigenvalue weighted by molar-refractivity contribution is 7.12. The number of hydrogen-bond donors (Lipinski definition) is 1. The molecule has 1 atom stereocenters. The SMILES string of the molecule is COc1ccc(-c2noc(COC(=O)C(NC(=O)c3cccs3)C(C)C)n2)cc1OC. The molecule has 1 unspecified atom stereocenters. The van der Waals surface area contributed by atoms with Crippen LogP contribution in [0.1, 0.15) is 29.4 Å². The van der Waals surface area contributed by atoms with E-state index in [1.54, 1.807) is 42.8 Å². The van der Waals surface area contributed by atoms with Crippen LogP contribution in [-0.2, 0) is 16.1 Å². The molecule has 0 fully saturated rings. The summed E-state index contributed by atoms with van der Waals surface area (Å²) < 4.78 is 21.0. The fourth-order valence-electron chi connectivity index (χ4n) is 2.75. The minimum atomic E-state index is -0.803. The van der Waals surface area contributed by atoms with Crippen molar-refractivity contribution in [2.75, 3.05) is 14.2 Å². The molecule has 0 saturated carbocycles. The smallest absolute Gasteiger partial charge is 0.329 e. The van der Waals surface area contributed by atoms with Crippen LogP contribution in [-0.4, -0.2) is 42.3 Å². The number of carbonyl (C=O) groups is 2. The molecular formula is C21H23N3O6S. The van der Waals surface area contributed by atoms with Gasteiger partial charge in [0.1, 0.15) is 6.04 Å². The van der Waals surface area contributed by atoms with E-state index in [0.29, 0.717) is 27.8 Å². The lowest BCUT2D eigenvalue weighted by atomic mass is 10.0. The standard InChI is InChI=1S/C21H23N3O6S/c1-12(2)18(23-20(25)16-6-5-9-31-16)21(26)29-11-17-22-19(24-30-17)13-7-8-14(27-3)15(10-13)28-4/h5-10,12,18H,11H2,1-4H3,(H,23,25). The molecule has 0 saturated heterocycles. The first-order chi connectivity index (χ1) is 14.9. The van der Waals surface area contributed by atoms with Crippen molar-refractivity contribution in [2.24, 2.45) is 5.92 Å². The van der Waals surface area contributed by atoms with Crippen LogP contribution in [0.3, 0.4) is 0 Å². The highest BCUT2D eigenvalue weighted by atomic mass is 32.1. The Bertz CT molecular complexity index is 1030. The Morgan fingerprint density at radius 2 is 1.94 bits per heavy atom. The van der Waals surface area contributed by atoms with Crippen LogP contribution in [0.15, 0.2) is 40.2 Å². The third kappa shape index (κ3) is 5.40. The number of ether oxygens (including phenoxy) is 3. The fraction of sp³-hybridized carbons (Fsp3) is 0.333. The molecular weight excluding hydrogens is 422 g/mol. The number of esters is 1. The third-order valence-electron chi connectivity index (χ3n) is 4.40. The molecule has 1 amide bonds. The molecule has 1 aromatic carbocycles. The number of carbonyl (C=O) groups excluding carboxylic acids is 2. The van der Waals surface area contributed by atoms with Gasteiger partial charge < -0.3 is 24.1 Å². The largest absolute Gasteiger partial charge is 0.493 e. The molecule has 164 valence electrons. The van der Waals surface area contributed by atoms with Crippen molar-refractivity contribution >= 4 is 23.2 Å². The molecule has 0 bridgehead atoms. The van der Waals surface area contributed by atoms with Gasteiger partial charge in [-0.2, -0.15) is 4.98 Å². The lowest BCUT2D eigenvalue weighted by Gasteiger charge is -2.20. The zero-order valence-electron chi connectivity index (χ0n) is 17.6. The van der Waals surface area contributed by atoms with Crippen molar-refractivity contribution < 1.29 is 28.3 Å². The predicted octanol–water partition coefficient (Wildman–Crippen LogP) is 3.31. The summed E-state index contributed by atoms with van der Waals surface area (Å²) in [6.07, 6.45) is 0. The van der Waals surface area contributed by atoms with Crippen LogP contribution in [0.2, 0.25) is 0 Å². The zero-order valence-corrected chi connectivity index (χ0v) is 18.4. The summed E-state index contributed by atoms with van der Waals surface area (Å²) in [5.74, 6) is 0.488. The molecule has 1 N–H and O–H groups in total. The van der Waals surface area contributed by atoms with E-state index in [-0.39, 0.29) is 24.3 Å². The van der Waals surface area contributed by atoms with Gasteiger partial charge >= 0.3 is 5.97 Å². The van der Waals surface area contributed by atoms with Crippen molar-refractivity contribution in [1.82, 2.24) is 15.5 Å². The number of nitrogens with zero attached hydrogens (tertiary/aromatic N) is 2. The van der Waals surface area contributed by atoms with Crippen molar-refractivity contribution in [3.8, 4) is 22.9 Å². The Hall–Kier alpha value is -3.40. The Balaban J connectivity index is 1.63. The number of methoxy groups -OCH3 is 2. The summed E-state index contributed by atoms with van der Waals surface area (Å²) in [6, 6.07) is 7.87. The van der Waals surface area contributed by atoms with Crippen molar-refractivity contribution in [2.45, 2.75) is 26.5 Å². The zero-order chi connectivity index (χ0) is 22.4. The average Bonchev–Trinajstić information content (AvgIpc) is 3.47. The van der Waals surface area contributed by atoms with Gasteiger partial charge in [0.15, 0.2) is 18.1 Å². The Labute approximate surface area is 183 Å². The first-order valence-corrected chi connectivity index (χ1v) is 10.4. The van der Waals surface area contributed by atoms with Crippen molar-refractivity contribution in [1.29, 1.82) is 0 Å². The van der Waals surface area contributed by atoms with E-state index < -0.39 is 12.0 Å². The number of thiophene rings is 1. The minimum absolute atomic E-state index is 0.130. The van der Waals surface area contributed by atoms with Crippen molar-refractivity contribution in [3.05, 3.63) is 46.5 Å². The van der Waals surface area contributed by atoms with Gasteiger partial charge in [-0.05, 0) is 35.6 Å². The molecule has 0 radical (unpaired) electrons. The van der Waals surface area contributed by atoms with E-state index in [9.17, 15) is 9.59 Å². The number of benzene rings is 1. The predicted molar refractivity (Wildman–Crippen MR) is 113 cm³/mol. The summed E-state index contributed by atoms with van der Waals surface area (Å²) in [4.78, 5) is 29.6. The number of rotatable bonds is 9. The van der Waals surface area contributed by atoms with Gasteiger partial charge in [0.05, 0.1) is 19.1 Å². The van der Waals surface area contributed by atoms with E-state index in [2.05, 4.69) is 15.5 Å². The van der Waals surface area contributed by atoms with Crippen LogP contribution >= 0.6 is 11.3 Å². The van der Waals surface area contributed by atoms with E-state index in [0.717, 1.165) is 0 Å². The summed E-state index contributed by atoms with van der Waals surface area (Å²) in [6.45, 7) is 3.43. The lowest BCUT2D eigenvalue weighted by Crippen LogP contribution is -2.45. The summed E-state index contributed by atoms with van der Waals surface area (Å²) in [5.41, 5.74) is 0.655. The number of amides is 1. The van der Waals surface area contributed by atoms with Crippen molar-refractivity contribution in [3.63, 3.8) is 0 Å². The molecule has 3 aromatic rings. The van der Waals surface area contributed by atoms with Gasteiger partial charge in [-0.1, -0.05) is 25.1 Å². The first-order valence-electron chi connectivity index (χ1n) is 9.49. The maximum absolute atomic E-state index is 12.5. The molecule has 0 spiro atoms. The van der Waals surface area contributed by atoms with Gasteiger partial charge in [-0.25, -0.2) is 4.79 Å². The maximum atomic E-state index is 12.5. The quantitative estimate of drug-likeness (QED) is 0.499. The molecule has 0 aliphatic carbocycles. The molecule has 31 heavy (non-hydrogen) atoms. The maximum Gasteiger partial charge on any atom is 0.329 e. The fourth-order valence-corrected chi connectivity index (χ4v) is 3.37. The second kappa shape index (κ2) is 10.1. The van der Waals surface area contributed by atoms with Gasteiger partial charge in [-0.3, -0.25) is 4.79 Å². The number of nitrogens with one attached hydrogen (secondary N) is 1. The highest BCUT2D eigenvalue weighted by Gasteiger charge is 2.27. The second-order valence-corrected chi connectivity index (χ2v) is 7.81. The van der Waals surface area contributed by atoms with Crippen LogP contribution in [0.4, 0.5) is 0 Å². The summed E-state index contributed by atoms with van der Waals surface area (Å²) in [5, 5.41) is 8.42. The van der Waals surface area contributed by atoms with Crippen LogP contribution in [0.5, 0.6) is 11.5 Å². The molecule has 2 heterocycles. The van der Waals surface area contributed by atoms with E-state index >= 15 is 0 Å². The molecule has 0 aliphatic heterocycles. The Kier molecular flexibility index (Phi) is 7.24. The summed E-state index contributed by atoms with van der Waals surface area (Å²) in [7, 11) is 3.08. The minimum Gasteiger partial charge on any atom is -0.493 e. The summed E-state index contributed by atoms with van der Waals surface area (Å²) >= 11 is 1.30. The van der Waals surface area contributed by atoms with Crippen LogP contribution in [0, 0.1) is 5.92 Å². The molecule has 10 heteroatoms.